The highest BCUT2D eigenvalue weighted by atomic mass is 32.2. The smallest absolute Gasteiger partial charge is 0.254 e. The van der Waals surface area contributed by atoms with Gasteiger partial charge >= 0.3 is 0 Å². The molecule has 1 aromatic heterocycles. The van der Waals surface area contributed by atoms with Gasteiger partial charge in [0.15, 0.2) is 5.16 Å². The molecule has 46 heavy (non-hydrogen) atoms. The highest BCUT2D eigenvalue weighted by molar-refractivity contribution is 7.99. The van der Waals surface area contributed by atoms with Crippen molar-refractivity contribution >= 4 is 23.6 Å². The van der Waals surface area contributed by atoms with E-state index in [-0.39, 0.29) is 17.9 Å². The van der Waals surface area contributed by atoms with E-state index in [1.54, 1.807) is 18.9 Å². The summed E-state index contributed by atoms with van der Waals surface area (Å²) in [4.78, 5) is 30.1. The SMILES string of the molecule is CCCCOc1ccc(C(=O)N2CCN(C(=O)CCCSc3nnc(Cc4ccccc4)n3-c3ccc(OC)cc3)CC2C)cc1. The predicted octanol–water partition coefficient (Wildman–Crippen LogP) is 6.29. The van der Waals surface area contributed by atoms with Crippen LogP contribution in [0.2, 0.25) is 0 Å². The van der Waals surface area contributed by atoms with E-state index >= 15 is 0 Å². The van der Waals surface area contributed by atoms with Gasteiger partial charge in [0, 0.05) is 55.5 Å². The third kappa shape index (κ3) is 8.48. The predicted molar refractivity (Wildman–Crippen MR) is 181 cm³/mol. The summed E-state index contributed by atoms with van der Waals surface area (Å²) < 4.78 is 13.2. The minimum absolute atomic E-state index is 0.0105. The van der Waals surface area contributed by atoms with Crippen molar-refractivity contribution in [3.63, 3.8) is 0 Å². The van der Waals surface area contributed by atoms with Crippen molar-refractivity contribution in [1.82, 2.24) is 24.6 Å². The van der Waals surface area contributed by atoms with Crippen LogP contribution in [0, 0.1) is 0 Å². The van der Waals surface area contributed by atoms with E-state index in [1.165, 1.54) is 0 Å². The van der Waals surface area contributed by atoms with Gasteiger partial charge in [0.2, 0.25) is 5.91 Å². The number of amides is 2. The van der Waals surface area contributed by atoms with Crippen LogP contribution < -0.4 is 9.47 Å². The van der Waals surface area contributed by atoms with E-state index in [2.05, 4.69) is 33.8 Å². The van der Waals surface area contributed by atoms with Crippen molar-refractivity contribution < 1.29 is 19.1 Å². The Labute approximate surface area is 275 Å². The van der Waals surface area contributed by atoms with Crippen molar-refractivity contribution in [2.75, 3.05) is 39.1 Å². The van der Waals surface area contributed by atoms with Crippen molar-refractivity contribution in [3.8, 4) is 17.2 Å². The highest BCUT2D eigenvalue weighted by Gasteiger charge is 2.30. The molecule has 0 N–H and O–H groups in total. The molecule has 242 valence electrons. The van der Waals surface area contributed by atoms with Crippen molar-refractivity contribution in [3.05, 3.63) is 95.8 Å². The lowest BCUT2D eigenvalue weighted by Gasteiger charge is -2.40. The molecule has 0 bridgehead atoms. The fourth-order valence-electron chi connectivity index (χ4n) is 5.50. The van der Waals surface area contributed by atoms with Crippen LogP contribution >= 0.6 is 11.8 Å². The van der Waals surface area contributed by atoms with E-state index < -0.39 is 0 Å². The number of unbranched alkanes of at least 4 members (excludes halogenated alkanes) is 1. The zero-order valence-electron chi connectivity index (χ0n) is 26.9. The number of nitrogens with zero attached hydrogens (tertiary/aromatic N) is 5. The lowest BCUT2D eigenvalue weighted by atomic mass is 10.1. The third-order valence-electron chi connectivity index (χ3n) is 8.11. The van der Waals surface area contributed by atoms with E-state index in [4.69, 9.17) is 9.47 Å². The van der Waals surface area contributed by atoms with Crippen molar-refractivity contribution in [2.45, 2.75) is 57.1 Å². The second kappa shape index (κ2) is 16.3. The summed E-state index contributed by atoms with van der Waals surface area (Å²) in [5, 5.41) is 9.86. The van der Waals surface area contributed by atoms with E-state index in [0.29, 0.717) is 51.1 Å². The second-order valence-corrected chi connectivity index (χ2v) is 12.5. The van der Waals surface area contributed by atoms with Crippen molar-refractivity contribution in [2.24, 2.45) is 0 Å². The normalized spacial score (nSPS) is 14.7. The Balaban J connectivity index is 1.13. The number of methoxy groups -OCH3 is 1. The molecule has 0 spiro atoms. The maximum absolute atomic E-state index is 13.2. The minimum Gasteiger partial charge on any atom is -0.497 e. The molecule has 9 nitrogen and oxygen atoms in total. The molecule has 1 aliphatic heterocycles. The summed E-state index contributed by atoms with van der Waals surface area (Å²) in [5.41, 5.74) is 2.77. The third-order valence-corrected chi connectivity index (χ3v) is 9.13. The fraction of sp³-hybridized carbons (Fsp3) is 0.389. The Morgan fingerprint density at radius 1 is 0.913 bits per heavy atom. The molecule has 1 unspecified atom stereocenters. The van der Waals surface area contributed by atoms with E-state index in [9.17, 15) is 9.59 Å². The van der Waals surface area contributed by atoms with Gasteiger partial charge < -0.3 is 19.3 Å². The number of piperazine rings is 1. The molecule has 1 atom stereocenters. The van der Waals surface area contributed by atoms with Crippen LogP contribution in [0.5, 0.6) is 11.5 Å². The molecule has 1 fully saturated rings. The summed E-state index contributed by atoms with van der Waals surface area (Å²) in [5.74, 6) is 3.26. The van der Waals surface area contributed by atoms with Crippen LogP contribution in [0.3, 0.4) is 0 Å². The number of rotatable bonds is 14. The molecule has 0 saturated carbocycles. The Kier molecular flexibility index (Phi) is 11.7. The van der Waals surface area contributed by atoms with Crippen LogP contribution in [-0.2, 0) is 11.2 Å². The van der Waals surface area contributed by atoms with Gasteiger partial charge in [0.25, 0.3) is 5.91 Å². The van der Waals surface area contributed by atoms with Gasteiger partial charge in [-0.05, 0) is 73.9 Å². The first-order valence-electron chi connectivity index (χ1n) is 16.0. The zero-order chi connectivity index (χ0) is 32.3. The maximum Gasteiger partial charge on any atom is 0.254 e. The molecule has 1 aliphatic rings. The number of carbonyl (C=O) groups is 2. The quantitative estimate of drug-likeness (QED) is 0.118. The summed E-state index contributed by atoms with van der Waals surface area (Å²) in [6, 6.07) is 25.4. The Hall–Kier alpha value is -4.31. The average molecular weight is 642 g/mol. The minimum atomic E-state index is -0.0638. The summed E-state index contributed by atoms with van der Waals surface area (Å²) in [7, 11) is 1.66. The topological polar surface area (TPSA) is 89.8 Å². The average Bonchev–Trinajstić information content (AvgIpc) is 3.49. The molecule has 1 saturated heterocycles. The largest absolute Gasteiger partial charge is 0.497 e. The van der Waals surface area contributed by atoms with Gasteiger partial charge in [-0.2, -0.15) is 0 Å². The first-order chi connectivity index (χ1) is 22.5. The zero-order valence-corrected chi connectivity index (χ0v) is 27.7. The lowest BCUT2D eigenvalue weighted by Crippen LogP contribution is -2.55. The summed E-state index contributed by atoms with van der Waals surface area (Å²) >= 11 is 1.61. The maximum atomic E-state index is 13.2. The van der Waals surface area contributed by atoms with Crippen LogP contribution in [0.15, 0.2) is 84.0 Å². The van der Waals surface area contributed by atoms with Crippen molar-refractivity contribution in [1.29, 1.82) is 0 Å². The Morgan fingerprint density at radius 3 is 2.35 bits per heavy atom. The standard InChI is InChI=1S/C36H43N5O4S/c1-4-5-23-45-32-17-13-29(14-18-32)35(43)40-22-21-39(26-27(40)2)34(42)12-9-24-46-36-38-37-33(25-28-10-7-6-8-11-28)41(36)30-15-19-31(44-3)20-16-30/h6-8,10-11,13-20,27H,4-5,9,12,21-26H2,1-3H3. The van der Waals surface area contributed by atoms with Gasteiger partial charge in [-0.25, -0.2) is 0 Å². The van der Waals surface area contributed by atoms with E-state index in [0.717, 1.165) is 52.3 Å². The van der Waals surface area contributed by atoms with Gasteiger partial charge in [-0.3, -0.25) is 14.2 Å². The number of ether oxygens (including phenoxy) is 2. The van der Waals surface area contributed by atoms with Gasteiger partial charge in [0.1, 0.15) is 17.3 Å². The Morgan fingerprint density at radius 2 is 1.65 bits per heavy atom. The number of aromatic nitrogens is 3. The number of benzene rings is 3. The number of hydrogen-bond acceptors (Lipinski definition) is 7. The molecule has 5 rings (SSSR count). The summed E-state index contributed by atoms with van der Waals surface area (Å²) in [6.07, 6.45) is 3.90. The summed E-state index contributed by atoms with van der Waals surface area (Å²) in [6.45, 7) is 6.40. The Bertz CT molecular complexity index is 1560. The molecule has 4 aromatic rings. The first-order valence-corrected chi connectivity index (χ1v) is 17.0. The molecule has 10 heteroatoms. The second-order valence-electron chi connectivity index (χ2n) is 11.5. The van der Waals surface area contributed by atoms with Gasteiger partial charge in [-0.15, -0.1) is 10.2 Å². The molecule has 0 aliphatic carbocycles. The van der Waals surface area contributed by atoms with Gasteiger partial charge in [0.05, 0.1) is 13.7 Å². The highest BCUT2D eigenvalue weighted by Crippen LogP contribution is 2.26. The number of carbonyl (C=O) groups excluding carboxylic acids is 2. The van der Waals surface area contributed by atoms with Crippen LogP contribution in [0.25, 0.3) is 5.69 Å². The number of thioether (sulfide) groups is 1. The molecular weight excluding hydrogens is 598 g/mol. The van der Waals surface area contributed by atoms with E-state index in [1.807, 2.05) is 83.5 Å². The number of hydrogen-bond donors (Lipinski definition) is 0. The molecule has 2 heterocycles. The molecule has 3 aromatic carbocycles. The van der Waals surface area contributed by atoms with Crippen LogP contribution in [0.1, 0.15) is 61.3 Å². The van der Waals surface area contributed by atoms with Crippen LogP contribution in [0.4, 0.5) is 0 Å². The molecule has 0 radical (unpaired) electrons. The molecule has 2 amide bonds. The van der Waals surface area contributed by atoms with Crippen LogP contribution in [-0.4, -0.2) is 81.5 Å². The lowest BCUT2D eigenvalue weighted by molar-refractivity contribution is -0.133. The van der Waals surface area contributed by atoms with Gasteiger partial charge in [-0.1, -0.05) is 55.4 Å². The molecular formula is C36H43N5O4S. The monoisotopic (exact) mass is 641 g/mol. The fourth-order valence-corrected chi connectivity index (χ4v) is 6.41. The first kappa shape index (κ1) is 33.1.